The van der Waals surface area contributed by atoms with Crippen molar-refractivity contribution in [2.75, 3.05) is 14.1 Å². The number of carbonyl (C=O) groups excluding carboxylic acids is 3. The number of carboxylic acid groups (broad SMARTS) is 1. The van der Waals surface area contributed by atoms with Crippen molar-refractivity contribution >= 4 is 23.8 Å². The molecule has 0 aliphatic heterocycles. The molecular weight excluding hydrogens is 278 g/mol. The van der Waals surface area contributed by atoms with Crippen molar-refractivity contribution in [2.24, 2.45) is 5.41 Å². The van der Waals surface area contributed by atoms with E-state index in [1.807, 2.05) is 0 Å². The highest BCUT2D eigenvalue weighted by Crippen LogP contribution is 2.24. The fourth-order valence-electron chi connectivity index (χ4n) is 1.76. The number of urea groups is 1. The zero-order chi connectivity index (χ0) is 16.8. The van der Waals surface area contributed by atoms with Gasteiger partial charge in [0.1, 0.15) is 6.04 Å². The number of nitrogens with zero attached hydrogens (tertiary/aromatic N) is 1. The molecule has 0 aliphatic carbocycles. The Morgan fingerprint density at radius 2 is 1.67 bits per heavy atom. The molecule has 0 saturated carbocycles. The lowest BCUT2D eigenvalue weighted by Crippen LogP contribution is -2.49. The molecule has 4 amide bonds. The van der Waals surface area contributed by atoms with Crippen LogP contribution < -0.4 is 10.6 Å². The lowest BCUT2D eigenvalue weighted by atomic mass is 9.85. The molecule has 8 nitrogen and oxygen atoms in total. The second-order valence-corrected chi connectivity index (χ2v) is 5.89. The Kier molecular flexibility index (Phi) is 6.84. The number of hydrogen-bond acceptors (Lipinski definition) is 4. The molecule has 0 heterocycles. The van der Waals surface area contributed by atoms with Crippen LogP contribution in [0.15, 0.2) is 0 Å². The Labute approximate surface area is 123 Å². The second-order valence-electron chi connectivity index (χ2n) is 5.89. The lowest BCUT2D eigenvalue weighted by Gasteiger charge is -2.22. The van der Waals surface area contributed by atoms with E-state index in [0.29, 0.717) is 0 Å². The van der Waals surface area contributed by atoms with Crippen LogP contribution in [0.5, 0.6) is 0 Å². The van der Waals surface area contributed by atoms with Crippen molar-refractivity contribution in [2.45, 2.75) is 39.7 Å². The first kappa shape index (κ1) is 18.9. The number of amides is 4. The Hall–Kier alpha value is -2.12. The van der Waals surface area contributed by atoms with E-state index in [1.54, 1.807) is 27.9 Å². The van der Waals surface area contributed by atoms with Gasteiger partial charge in [-0.05, 0) is 12.3 Å². The fraction of sp³-hybridized carbons (Fsp3) is 0.692. The lowest BCUT2D eigenvalue weighted by molar-refractivity contribution is -0.139. The summed E-state index contributed by atoms with van der Waals surface area (Å²) in [5.41, 5.74) is -0.763. The largest absolute Gasteiger partial charge is 0.481 e. The van der Waals surface area contributed by atoms with Gasteiger partial charge in [0.15, 0.2) is 0 Å². The molecule has 0 spiro atoms. The first-order valence-corrected chi connectivity index (χ1v) is 6.48. The predicted octanol–water partition coefficient (Wildman–Crippen LogP) is 0.180. The molecule has 0 rings (SSSR count). The van der Waals surface area contributed by atoms with Crippen molar-refractivity contribution < 1.29 is 24.3 Å². The molecule has 1 unspecified atom stereocenters. The number of carbonyl (C=O) groups is 4. The predicted molar refractivity (Wildman–Crippen MR) is 75.5 cm³/mol. The summed E-state index contributed by atoms with van der Waals surface area (Å²) in [5.74, 6) is -1.91. The van der Waals surface area contributed by atoms with E-state index < -0.39 is 29.4 Å². The highest BCUT2D eigenvalue weighted by Gasteiger charge is 2.26. The molecular formula is C13H23N3O5. The Morgan fingerprint density at radius 3 is 2.10 bits per heavy atom. The van der Waals surface area contributed by atoms with E-state index in [-0.39, 0.29) is 18.7 Å². The van der Waals surface area contributed by atoms with Crippen LogP contribution in [-0.2, 0) is 14.4 Å². The van der Waals surface area contributed by atoms with Crippen molar-refractivity contribution in [3.8, 4) is 0 Å². The van der Waals surface area contributed by atoms with Crippen LogP contribution in [-0.4, -0.2) is 54.0 Å². The number of rotatable bonds is 6. The van der Waals surface area contributed by atoms with Gasteiger partial charge in [-0.3, -0.25) is 19.7 Å². The van der Waals surface area contributed by atoms with Crippen LogP contribution in [0, 0.1) is 5.41 Å². The molecule has 0 bridgehead atoms. The average Bonchev–Trinajstić information content (AvgIpc) is 2.23. The summed E-state index contributed by atoms with van der Waals surface area (Å²) in [4.78, 5) is 46.8. The maximum absolute atomic E-state index is 11.7. The standard InChI is InChI=1S/C13H23N3O5/c1-8(11(20)16(4)5)14-12(21)15-9(17)6-13(2,3)7-10(18)19/h8H,6-7H2,1-5H3,(H,18,19)(H2,14,15,17,21). The van der Waals surface area contributed by atoms with Crippen LogP contribution >= 0.6 is 0 Å². The molecule has 0 aromatic carbocycles. The maximum Gasteiger partial charge on any atom is 0.322 e. The summed E-state index contributed by atoms with van der Waals surface area (Å²) in [6.07, 6.45) is -0.291. The first-order chi connectivity index (χ1) is 9.44. The van der Waals surface area contributed by atoms with E-state index >= 15 is 0 Å². The SMILES string of the molecule is CC(NC(=O)NC(=O)CC(C)(C)CC(=O)O)C(=O)N(C)C. The number of imide groups is 1. The van der Waals surface area contributed by atoms with Crippen LogP contribution in [0.2, 0.25) is 0 Å². The molecule has 21 heavy (non-hydrogen) atoms. The molecule has 0 fully saturated rings. The van der Waals surface area contributed by atoms with Gasteiger partial charge in [0.05, 0.1) is 6.42 Å². The number of nitrogens with one attached hydrogen (secondary N) is 2. The molecule has 120 valence electrons. The van der Waals surface area contributed by atoms with Crippen LogP contribution in [0.25, 0.3) is 0 Å². The van der Waals surface area contributed by atoms with Gasteiger partial charge in [-0.25, -0.2) is 4.79 Å². The summed E-state index contributed by atoms with van der Waals surface area (Å²) in [7, 11) is 3.11. The minimum absolute atomic E-state index is 0.108. The highest BCUT2D eigenvalue weighted by molar-refractivity contribution is 5.96. The molecule has 0 aromatic heterocycles. The van der Waals surface area contributed by atoms with E-state index in [1.165, 1.54) is 11.8 Å². The van der Waals surface area contributed by atoms with Gasteiger partial charge >= 0.3 is 12.0 Å². The third-order valence-corrected chi connectivity index (χ3v) is 2.68. The summed E-state index contributed by atoms with van der Waals surface area (Å²) < 4.78 is 0. The summed E-state index contributed by atoms with van der Waals surface area (Å²) in [6, 6.07) is -1.55. The van der Waals surface area contributed by atoms with Gasteiger partial charge in [0.2, 0.25) is 11.8 Å². The van der Waals surface area contributed by atoms with Crippen molar-refractivity contribution in [3.63, 3.8) is 0 Å². The van der Waals surface area contributed by atoms with Crippen molar-refractivity contribution in [3.05, 3.63) is 0 Å². The molecule has 0 saturated heterocycles. The Balaban J connectivity index is 4.37. The number of aliphatic carboxylic acids is 1. The minimum atomic E-state index is -1.01. The van der Waals surface area contributed by atoms with E-state index in [4.69, 9.17) is 5.11 Å². The number of carboxylic acids is 1. The third kappa shape index (κ3) is 7.91. The maximum atomic E-state index is 11.7. The smallest absolute Gasteiger partial charge is 0.322 e. The van der Waals surface area contributed by atoms with Gasteiger partial charge in [-0.15, -0.1) is 0 Å². The number of likely N-dealkylation sites (N-methyl/N-ethyl adjacent to an activating group) is 1. The summed E-state index contributed by atoms with van der Waals surface area (Å²) >= 11 is 0. The zero-order valence-corrected chi connectivity index (χ0v) is 13.0. The average molecular weight is 301 g/mol. The van der Waals surface area contributed by atoms with Crippen molar-refractivity contribution in [1.82, 2.24) is 15.5 Å². The van der Waals surface area contributed by atoms with Gasteiger partial charge < -0.3 is 15.3 Å². The summed E-state index contributed by atoms with van der Waals surface area (Å²) in [6.45, 7) is 4.74. The summed E-state index contributed by atoms with van der Waals surface area (Å²) in [5, 5.41) is 13.1. The molecule has 0 aliphatic rings. The van der Waals surface area contributed by atoms with Crippen LogP contribution in [0.4, 0.5) is 4.79 Å². The van der Waals surface area contributed by atoms with Crippen LogP contribution in [0.1, 0.15) is 33.6 Å². The van der Waals surface area contributed by atoms with E-state index in [2.05, 4.69) is 10.6 Å². The zero-order valence-electron chi connectivity index (χ0n) is 13.0. The molecule has 8 heteroatoms. The number of hydrogen-bond donors (Lipinski definition) is 3. The van der Waals surface area contributed by atoms with Gasteiger partial charge in [-0.1, -0.05) is 13.8 Å². The topological polar surface area (TPSA) is 116 Å². The Bertz CT molecular complexity index is 432. The van der Waals surface area contributed by atoms with Crippen molar-refractivity contribution in [1.29, 1.82) is 0 Å². The minimum Gasteiger partial charge on any atom is -0.481 e. The van der Waals surface area contributed by atoms with Gasteiger partial charge in [0.25, 0.3) is 0 Å². The monoisotopic (exact) mass is 301 g/mol. The van der Waals surface area contributed by atoms with Gasteiger partial charge in [-0.2, -0.15) is 0 Å². The molecule has 1 atom stereocenters. The fourth-order valence-corrected chi connectivity index (χ4v) is 1.76. The molecule has 0 aromatic rings. The van der Waals surface area contributed by atoms with Crippen LogP contribution in [0.3, 0.4) is 0 Å². The van der Waals surface area contributed by atoms with Gasteiger partial charge in [0, 0.05) is 20.5 Å². The normalized spacial score (nSPS) is 12.2. The highest BCUT2D eigenvalue weighted by atomic mass is 16.4. The quantitative estimate of drug-likeness (QED) is 0.647. The van der Waals surface area contributed by atoms with E-state index in [9.17, 15) is 19.2 Å². The first-order valence-electron chi connectivity index (χ1n) is 6.48. The molecule has 3 N–H and O–H groups in total. The third-order valence-electron chi connectivity index (χ3n) is 2.68. The molecule has 0 radical (unpaired) electrons. The second kappa shape index (κ2) is 7.61. The van der Waals surface area contributed by atoms with E-state index in [0.717, 1.165) is 0 Å². The Morgan fingerprint density at radius 1 is 1.14 bits per heavy atom.